The second-order valence-corrected chi connectivity index (χ2v) is 4.83. The van der Waals surface area contributed by atoms with Crippen molar-refractivity contribution in [2.45, 2.75) is 45.1 Å². The first-order valence-electron chi connectivity index (χ1n) is 6.21. The van der Waals surface area contributed by atoms with Crippen molar-refractivity contribution >= 4 is 16.9 Å². The summed E-state index contributed by atoms with van der Waals surface area (Å²) in [6.07, 6.45) is 5.16. The lowest BCUT2D eigenvalue weighted by Gasteiger charge is -2.10. The number of nitrogens with zero attached hydrogens (tertiary/aromatic N) is 4. The Bertz CT molecular complexity index is 555. The number of rotatable bonds is 3. The fraction of sp³-hybridized carbons (Fsp3) is 0.583. The summed E-state index contributed by atoms with van der Waals surface area (Å²) in [5.41, 5.74) is 6.86. The lowest BCUT2D eigenvalue weighted by molar-refractivity contribution is 0.489. The predicted molar refractivity (Wildman–Crippen MR) is 66.7 cm³/mol. The Labute approximate surface area is 100 Å². The largest absolute Gasteiger partial charge is 0.383 e. The van der Waals surface area contributed by atoms with Crippen LogP contribution in [0.3, 0.4) is 0 Å². The Kier molecular flexibility index (Phi) is 2.28. The molecule has 2 aromatic rings. The molecule has 2 aromatic heterocycles. The second-order valence-electron chi connectivity index (χ2n) is 4.83. The average Bonchev–Trinajstić information content (AvgIpc) is 3.08. The van der Waals surface area contributed by atoms with E-state index < -0.39 is 0 Å². The summed E-state index contributed by atoms with van der Waals surface area (Å²) in [5.74, 6) is 1.97. The van der Waals surface area contributed by atoms with Gasteiger partial charge in [-0.15, -0.1) is 0 Å². The minimum Gasteiger partial charge on any atom is -0.383 e. The van der Waals surface area contributed by atoms with E-state index in [0.29, 0.717) is 17.8 Å². The zero-order chi connectivity index (χ0) is 12.0. The van der Waals surface area contributed by atoms with E-state index in [2.05, 4.69) is 28.9 Å². The number of nitrogen functional groups attached to an aromatic ring is 1. The molecule has 5 nitrogen and oxygen atoms in total. The number of aromatic nitrogens is 4. The van der Waals surface area contributed by atoms with E-state index in [1.54, 1.807) is 6.20 Å². The molecule has 0 spiro atoms. The van der Waals surface area contributed by atoms with Crippen molar-refractivity contribution in [3.8, 4) is 0 Å². The van der Waals surface area contributed by atoms with Gasteiger partial charge in [-0.1, -0.05) is 6.92 Å². The highest BCUT2D eigenvalue weighted by Crippen LogP contribution is 2.39. The first-order chi connectivity index (χ1) is 8.20. The van der Waals surface area contributed by atoms with Gasteiger partial charge in [-0.25, -0.2) is 14.6 Å². The molecule has 90 valence electrons. The average molecular weight is 231 g/mol. The summed E-state index contributed by atoms with van der Waals surface area (Å²) in [4.78, 5) is 9.01. The van der Waals surface area contributed by atoms with Crippen LogP contribution >= 0.6 is 0 Å². The summed E-state index contributed by atoms with van der Waals surface area (Å²) in [6, 6.07) is 0.342. The van der Waals surface area contributed by atoms with Crippen LogP contribution in [0.5, 0.6) is 0 Å². The molecule has 17 heavy (non-hydrogen) atoms. The molecule has 5 heteroatoms. The Balaban J connectivity index is 2.18. The highest BCUT2D eigenvalue weighted by atomic mass is 15.3. The summed E-state index contributed by atoms with van der Waals surface area (Å²) < 4.78 is 1.96. The summed E-state index contributed by atoms with van der Waals surface area (Å²) >= 11 is 0. The third-order valence-electron chi connectivity index (χ3n) is 3.45. The number of anilines is 1. The standard InChI is InChI=1S/C12H17N5/c1-3-7(2)17-12-9(6-14-17)10(13)15-11(16-12)8-4-5-8/h6-8H,3-5H2,1-2H3,(H2,13,15,16)/t7-/m0/s1. The van der Waals surface area contributed by atoms with Crippen molar-refractivity contribution in [2.24, 2.45) is 0 Å². The minimum atomic E-state index is 0.342. The zero-order valence-electron chi connectivity index (χ0n) is 10.2. The number of nitrogens with two attached hydrogens (primary N) is 1. The fourth-order valence-electron chi connectivity index (χ4n) is 1.98. The lowest BCUT2D eigenvalue weighted by Crippen LogP contribution is -2.08. The van der Waals surface area contributed by atoms with Crippen LogP contribution in [0.1, 0.15) is 50.9 Å². The number of fused-ring (bicyclic) bond motifs is 1. The summed E-state index contributed by atoms with van der Waals surface area (Å²) in [7, 11) is 0. The van der Waals surface area contributed by atoms with Crippen molar-refractivity contribution in [1.29, 1.82) is 0 Å². The normalized spacial score (nSPS) is 17.5. The molecule has 1 fully saturated rings. The van der Waals surface area contributed by atoms with Gasteiger partial charge in [0, 0.05) is 5.92 Å². The van der Waals surface area contributed by atoms with Crippen molar-refractivity contribution in [3.63, 3.8) is 0 Å². The van der Waals surface area contributed by atoms with Crippen LogP contribution in [0.25, 0.3) is 11.0 Å². The van der Waals surface area contributed by atoms with Crippen LogP contribution in [-0.4, -0.2) is 19.7 Å². The van der Waals surface area contributed by atoms with E-state index in [1.165, 1.54) is 12.8 Å². The topological polar surface area (TPSA) is 69.6 Å². The number of hydrogen-bond donors (Lipinski definition) is 1. The second kappa shape index (κ2) is 3.68. The van der Waals surface area contributed by atoms with Gasteiger partial charge in [-0.3, -0.25) is 0 Å². The first-order valence-corrected chi connectivity index (χ1v) is 6.21. The maximum absolute atomic E-state index is 5.97. The summed E-state index contributed by atoms with van der Waals surface area (Å²) in [5, 5.41) is 5.25. The quantitative estimate of drug-likeness (QED) is 0.879. The molecule has 0 saturated heterocycles. The zero-order valence-corrected chi connectivity index (χ0v) is 10.2. The van der Waals surface area contributed by atoms with E-state index in [-0.39, 0.29) is 0 Å². The van der Waals surface area contributed by atoms with Crippen LogP contribution < -0.4 is 5.73 Å². The molecule has 0 bridgehead atoms. The van der Waals surface area contributed by atoms with Gasteiger partial charge < -0.3 is 5.73 Å². The van der Waals surface area contributed by atoms with E-state index in [9.17, 15) is 0 Å². The molecule has 1 aliphatic rings. The summed E-state index contributed by atoms with van der Waals surface area (Å²) in [6.45, 7) is 4.28. The first kappa shape index (κ1) is 10.5. The van der Waals surface area contributed by atoms with E-state index in [1.807, 2.05) is 4.68 Å². The molecular weight excluding hydrogens is 214 g/mol. The van der Waals surface area contributed by atoms with Crippen molar-refractivity contribution in [2.75, 3.05) is 5.73 Å². The van der Waals surface area contributed by atoms with Gasteiger partial charge in [0.1, 0.15) is 11.6 Å². The number of hydrogen-bond acceptors (Lipinski definition) is 4. The molecular formula is C12H17N5. The molecule has 1 atom stereocenters. The Morgan fingerprint density at radius 1 is 1.47 bits per heavy atom. The fourth-order valence-corrected chi connectivity index (χ4v) is 1.98. The molecule has 0 aliphatic heterocycles. The van der Waals surface area contributed by atoms with Gasteiger partial charge in [-0.2, -0.15) is 5.10 Å². The van der Waals surface area contributed by atoms with Crippen LogP contribution in [0.4, 0.5) is 5.82 Å². The van der Waals surface area contributed by atoms with Gasteiger partial charge in [0.2, 0.25) is 0 Å². The highest BCUT2D eigenvalue weighted by Gasteiger charge is 2.28. The molecule has 0 unspecified atom stereocenters. The Morgan fingerprint density at radius 3 is 2.88 bits per heavy atom. The molecule has 1 saturated carbocycles. The van der Waals surface area contributed by atoms with Gasteiger partial charge >= 0.3 is 0 Å². The maximum atomic E-state index is 5.97. The SMILES string of the molecule is CC[C@H](C)n1ncc2c(N)nc(C3CC3)nc21. The molecule has 0 aromatic carbocycles. The predicted octanol–water partition coefficient (Wildman–Crippen LogP) is 2.26. The minimum absolute atomic E-state index is 0.342. The molecule has 2 heterocycles. The van der Waals surface area contributed by atoms with Gasteiger partial charge in [0.05, 0.1) is 17.6 Å². The van der Waals surface area contributed by atoms with E-state index in [0.717, 1.165) is 23.3 Å². The third-order valence-corrected chi connectivity index (χ3v) is 3.45. The van der Waals surface area contributed by atoms with Crippen LogP contribution in [0.2, 0.25) is 0 Å². The molecule has 2 N–H and O–H groups in total. The van der Waals surface area contributed by atoms with Crippen molar-refractivity contribution < 1.29 is 0 Å². The van der Waals surface area contributed by atoms with Crippen molar-refractivity contribution in [3.05, 3.63) is 12.0 Å². The van der Waals surface area contributed by atoms with Gasteiger partial charge in [0.25, 0.3) is 0 Å². The Morgan fingerprint density at radius 2 is 2.24 bits per heavy atom. The van der Waals surface area contributed by atoms with Crippen LogP contribution in [-0.2, 0) is 0 Å². The molecule has 0 radical (unpaired) electrons. The van der Waals surface area contributed by atoms with Crippen molar-refractivity contribution in [1.82, 2.24) is 19.7 Å². The molecule has 0 amide bonds. The van der Waals surface area contributed by atoms with E-state index >= 15 is 0 Å². The highest BCUT2D eigenvalue weighted by molar-refractivity contribution is 5.85. The van der Waals surface area contributed by atoms with Crippen LogP contribution in [0.15, 0.2) is 6.20 Å². The molecule has 1 aliphatic carbocycles. The monoisotopic (exact) mass is 231 g/mol. The smallest absolute Gasteiger partial charge is 0.163 e. The van der Waals surface area contributed by atoms with E-state index in [4.69, 9.17) is 5.73 Å². The third kappa shape index (κ3) is 1.66. The van der Waals surface area contributed by atoms with Gasteiger partial charge in [-0.05, 0) is 26.2 Å². The van der Waals surface area contributed by atoms with Gasteiger partial charge in [0.15, 0.2) is 5.65 Å². The molecule has 3 rings (SSSR count). The van der Waals surface area contributed by atoms with Crippen LogP contribution in [0, 0.1) is 0 Å². The maximum Gasteiger partial charge on any atom is 0.163 e. The Hall–Kier alpha value is -1.65. The lowest BCUT2D eigenvalue weighted by atomic mass is 10.2.